The first-order valence-corrected chi connectivity index (χ1v) is 10.9. The van der Waals surface area contributed by atoms with Gasteiger partial charge in [0.2, 0.25) is 11.8 Å². The van der Waals surface area contributed by atoms with Crippen molar-refractivity contribution >= 4 is 11.8 Å². The van der Waals surface area contributed by atoms with Crippen molar-refractivity contribution in [2.45, 2.75) is 51.3 Å². The van der Waals surface area contributed by atoms with Crippen molar-refractivity contribution in [1.82, 2.24) is 20.4 Å². The summed E-state index contributed by atoms with van der Waals surface area (Å²) in [4.78, 5) is 27.9. The molecule has 2 fully saturated rings. The molecule has 7 heteroatoms. The molecule has 30 heavy (non-hydrogen) atoms. The van der Waals surface area contributed by atoms with E-state index in [1.807, 2.05) is 30.3 Å². The SMILES string of the molecule is C=C(OCc1ccccc1)N1CCN(CC(=O)NC2CCC(NC(C)=O)CC2)CC1. The van der Waals surface area contributed by atoms with E-state index in [4.69, 9.17) is 4.74 Å². The lowest BCUT2D eigenvalue weighted by Gasteiger charge is -2.36. The van der Waals surface area contributed by atoms with Crippen molar-refractivity contribution < 1.29 is 14.3 Å². The first kappa shape index (κ1) is 22.2. The van der Waals surface area contributed by atoms with E-state index in [-0.39, 0.29) is 23.9 Å². The third-order valence-electron chi connectivity index (χ3n) is 5.84. The van der Waals surface area contributed by atoms with E-state index in [0.29, 0.717) is 19.0 Å². The molecule has 1 aliphatic heterocycles. The Morgan fingerprint density at radius 3 is 2.20 bits per heavy atom. The summed E-state index contributed by atoms with van der Waals surface area (Å²) in [5.41, 5.74) is 1.13. The molecule has 2 amide bonds. The highest BCUT2D eigenvalue weighted by atomic mass is 16.5. The van der Waals surface area contributed by atoms with E-state index in [1.54, 1.807) is 6.92 Å². The minimum Gasteiger partial charge on any atom is -0.475 e. The largest absolute Gasteiger partial charge is 0.475 e. The van der Waals surface area contributed by atoms with Crippen LogP contribution in [-0.2, 0) is 20.9 Å². The maximum absolute atomic E-state index is 12.4. The van der Waals surface area contributed by atoms with Crippen molar-refractivity contribution in [2.75, 3.05) is 32.7 Å². The molecule has 0 bridgehead atoms. The molecule has 1 aromatic carbocycles. The quantitative estimate of drug-likeness (QED) is 0.635. The van der Waals surface area contributed by atoms with Crippen molar-refractivity contribution in [3.05, 3.63) is 48.4 Å². The number of benzene rings is 1. The summed E-state index contributed by atoms with van der Waals surface area (Å²) < 4.78 is 5.82. The standard InChI is InChI=1S/C23H34N4O3/c1-18(28)24-21-8-10-22(11-9-21)25-23(29)16-26-12-14-27(15-13-26)19(2)30-17-20-6-4-3-5-7-20/h3-7,21-22H,2,8-17H2,1H3,(H,24,28)(H,25,29). The van der Waals surface area contributed by atoms with Crippen molar-refractivity contribution in [3.63, 3.8) is 0 Å². The number of rotatable bonds is 8. The van der Waals surface area contributed by atoms with E-state index in [9.17, 15) is 9.59 Å². The molecule has 0 unspecified atom stereocenters. The molecule has 2 aliphatic rings. The zero-order valence-corrected chi connectivity index (χ0v) is 17.9. The number of ether oxygens (including phenoxy) is 1. The summed E-state index contributed by atoms with van der Waals surface area (Å²) in [7, 11) is 0. The average Bonchev–Trinajstić information content (AvgIpc) is 2.74. The highest BCUT2D eigenvalue weighted by molar-refractivity contribution is 5.78. The molecule has 1 aliphatic carbocycles. The van der Waals surface area contributed by atoms with E-state index in [2.05, 4.69) is 27.0 Å². The fraction of sp³-hybridized carbons (Fsp3) is 0.565. The number of nitrogens with zero attached hydrogens (tertiary/aromatic N) is 2. The second kappa shape index (κ2) is 11.0. The summed E-state index contributed by atoms with van der Waals surface area (Å²) in [6, 6.07) is 10.5. The fourth-order valence-corrected chi connectivity index (χ4v) is 4.13. The number of carbonyl (C=O) groups is 2. The number of amides is 2. The van der Waals surface area contributed by atoms with Gasteiger partial charge in [-0.1, -0.05) is 30.3 Å². The summed E-state index contributed by atoms with van der Waals surface area (Å²) in [5, 5.41) is 6.13. The van der Waals surface area contributed by atoms with Gasteiger partial charge in [-0.05, 0) is 37.8 Å². The van der Waals surface area contributed by atoms with Gasteiger partial charge in [0.25, 0.3) is 0 Å². The fourth-order valence-electron chi connectivity index (χ4n) is 4.13. The van der Waals surface area contributed by atoms with Crippen LogP contribution in [0.2, 0.25) is 0 Å². The predicted molar refractivity (Wildman–Crippen MR) is 116 cm³/mol. The second-order valence-corrected chi connectivity index (χ2v) is 8.25. The van der Waals surface area contributed by atoms with Gasteiger partial charge in [0.15, 0.2) is 5.88 Å². The summed E-state index contributed by atoms with van der Waals surface area (Å²) in [5.74, 6) is 0.805. The van der Waals surface area contributed by atoms with Gasteiger partial charge >= 0.3 is 0 Å². The zero-order chi connectivity index (χ0) is 21.3. The van der Waals surface area contributed by atoms with Crippen LogP contribution in [0, 0.1) is 0 Å². The first-order valence-electron chi connectivity index (χ1n) is 10.9. The number of hydrogen-bond acceptors (Lipinski definition) is 5. The van der Waals surface area contributed by atoms with Crippen LogP contribution in [-0.4, -0.2) is 66.4 Å². The van der Waals surface area contributed by atoms with E-state index in [0.717, 1.165) is 57.4 Å². The highest BCUT2D eigenvalue weighted by Crippen LogP contribution is 2.19. The molecule has 1 saturated carbocycles. The minimum absolute atomic E-state index is 0.0229. The molecule has 0 spiro atoms. The van der Waals surface area contributed by atoms with Crippen molar-refractivity contribution in [2.24, 2.45) is 0 Å². The molecular weight excluding hydrogens is 380 g/mol. The van der Waals surface area contributed by atoms with Crippen LogP contribution in [0.3, 0.4) is 0 Å². The van der Waals surface area contributed by atoms with Crippen LogP contribution in [0.1, 0.15) is 38.2 Å². The molecule has 1 saturated heterocycles. The average molecular weight is 415 g/mol. The van der Waals surface area contributed by atoms with Gasteiger partial charge in [-0.2, -0.15) is 0 Å². The molecule has 7 nitrogen and oxygen atoms in total. The lowest BCUT2D eigenvalue weighted by Crippen LogP contribution is -2.51. The molecule has 2 N–H and O–H groups in total. The lowest BCUT2D eigenvalue weighted by atomic mass is 9.91. The zero-order valence-electron chi connectivity index (χ0n) is 17.9. The van der Waals surface area contributed by atoms with Gasteiger partial charge in [0, 0.05) is 45.2 Å². The molecule has 0 aromatic heterocycles. The van der Waals surface area contributed by atoms with Gasteiger partial charge in [-0.25, -0.2) is 0 Å². The number of carbonyl (C=O) groups excluding carboxylic acids is 2. The van der Waals surface area contributed by atoms with Gasteiger partial charge in [0.05, 0.1) is 6.54 Å². The summed E-state index contributed by atoms with van der Waals surface area (Å²) >= 11 is 0. The normalized spacial score (nSPS) is 22.2. The molecule has 3 rings (SSSR count). The molecule has 1 aromatic rings. The third-order valence-corrected chi connectivity index (χ3v) is 5.84. The van der Waals surface area contributed by atoms with Crippen LogP contribution in [0.4, 0.5) is 0 Å². The maximum atomic E-state index is 12.4. The van der Waals surface area contributed by atoms with Crippen LogP contribution < -0.4 is 10.6 Å². The number of nitrogens with one attached hydrogen (secondary N) is 2. The Hall–Kier alpha value is -2.54. The van der Waals surface area contributed by atoms with Crippen LogP contribution in [0.5, 0.6) is 0 Å². The monoisotopic (exact) mass is 414 g/mol. The second-order valence-electron chi connectivity index (χ2n) is 8.25. The van der Waals surface area contributed by atoms with Gasteiger partial charge in [0.1, 0.15) is 6.61 Å². The van der Waals surface area contributed by atoms with E-state index >= 15 is 0 Å². The van der Waals surface area contributed by atoms with Gasteiger partial charge < -0.3 is 20.3 Å². The topological polar surface area (TPSA) is 73.9 Å². The Bertz CT molecular complexity index is 708. The molecule has 1 heterocycles. The third kappa shape index (κ3) is 7.06. The highest BCUT2D eigenvalue weighted by Gasteiger charge is 2.25. The Kier molecular flexibility index (Phi) is 8.13. The minimum atomic E-state index is 0.0229. The Morgan fingerprint density at radius 2 is 1.60 bits per heavy atom. The number of piperazine rings is 1. The summed E-state index contributed by atoms with van der Waals surface area (Å²) in [6.07, 6.45) is 3.69. The Morgan fingerprint density at radius 1 is 1.00 bits per heavy atom. The van der Waals surface area contributed by atoms with Crippen LogP contribution >= 0.6 is 0 Å². The van der Waals surface area contributed by atoms with Gasteiger partial charge in [-0.15, -0.1) is 0 Å². The molecule has 0 radical (unpaired) electrons. The first-order chi connectivity index (χ1) is 14.5. The van der Waals surface area contributed by atoms with Crippen molar-refractivity contribution in [1.29, 1.82) is 0 Å². The lowest BCUT2D eigenvalue weighted by molar-refractivity contribution is -0.124. The van der Waals surface area contributed by atoms with E-state index in [1.165, 1.54) is 0 Å². The van der Waals surface area contributed by atoms with Crippen molar-refractivity contribution in [3.8, 4) is 0 Å². The molecule has 164 valence electrons. The van der Waals surface area contributed by atoms with E-state index < -0.39 is 0 Å². The maximum Gasteiger partial charge on any atom is 0.234 e. The number of hydrogen-bond donors (Lipinski definition) is 2. The Labute approximate surface area is 179 Å². The predicted octanol–water partition coefficient (Wildman–Crippen LogP) is 1.86. The summed E-state index contributed by atoms with van der Waals surface area (Å²) in [6.45, 7) is 9.81. The Balaban J connectivity index is 1.31. The van der Waals surface area contributed by atoms with Gasteiger partial charge in [-0.3, -0.25) is 14.5 Å². The van der Waals surface area contributed by atoms with Crippen LogP contribution in [0.15, 0.2) is 42.8 Å². The van der Waals surface area contributed by atoms with Crippen LogP contribution in [0.25, 0.3) is 0 Å². The molecule has 0 atom stereocenters. The molecular formula is C23H34N4O3. The smallest absolute Gasteiger partial charge is 0.234 e.